The van der Waals surface area contributed by atoms with Crippen molar-refractivity contribution in [1.29, 1.82) is 0 Å². The molecule has 2 rings (SSSR count). The standard InChI is InChI=1S/C14H19N3O3.C2HF3O2/c1-5-19-12-7-6-11(20-12)14(18)15-8(2)13-9(3)16-17-10(13)4;3-2(4,5)1(6)7/h6-8H,5H2,1-4H3,(H,15,18)(H,16,17);(H,6,7). The zero-order chi connectivity index (χ0) is 20.8. The quantitative estimate of drug-likeness (QED) is 0.721. The second kappa shape index (κ2) is 9.10. The summed E-state index contributed by atoms with van der Waals surface area (Å²) in [5.41, 5.74) is 2.82. The third-order valence-corrected chi connectivity index (χ3v) is 3.30. The van der Waals surface area contributed by atoms with Gasteiger partial charge in [0.2, 0.25) is 0 Å². The minimum Gasteiger partial charge on any atom is -0.475 e. The zero-order valence-corrected chi connectivity index (χ0v) is 15.1. The van der Waals surface area contributed by atoms with E-state index >= 15 is 0 Å². The zero-order valence-electron chi connectivity index (χ0n) is 15.1. The number of carboxylic acid groups (broad SMARTS) is 1. The predicted molar refractivity (Wildman–Crippen MR) is 87.5 cm³/mol. The first-order valence-electron chi connectivity index (χ1n) is 7.82. The number of amides is 1. The van der Waals surface area contributed by atoms with Gasteiger partial charge >= 0.3 is 12.1 Å². The average molecular weight is 391 g/mol. The topological polar surface area (TPSA) is 117 Å². The molecule has 0 bridgehead atoms. The molecule has 11 heteroatoms. The molecule has 1 unspecified atom stereocenters. The molecule has 0 fully saturated rings. The molecule has 0 saturated heterocycles. The number of nitrogens with zero attached hydrogens (tertiary/aromatic N) is 1. The van der Waals surface area contributed by atoms with Gasteiger partial charge in [0.1, 0.15) is 0 Å². The lowest BCUT2D eigenvalue weighted by atomic mass is 10.1. The monoisotopic (exact) mass is 391 g/mol. The van der Waals surface area contributed by atoms with Gasteiger partial charge in [-0.2, -0.15) is 18.3 Å². The highest BCUT2D eigenvalue weighted by atomic mass is 19.4. The lowest BCUT2D eigenvalue weighted by Crippen LogP contribution is -2.26. The highest BCUT2D eigenvalue weighted by Gasteiger charge is 2.38. The number of carbonyl (C=O) groups excluding carboxylic acids is 1. The van der Waals surface area contributed by atoms with Gasteiger partial charge in [-0.3, -0.25) is 9.89 Å². The summed E-state index contributed by atoms with van der Waals surface area (Å²) >= 11 is 0. The fourth-order valence-corrected chi connectivity index (χ4v) is 2.20. The molecule has 1 amide bonds. The molecule has 0 saturated carbocycles. The van der Waals surface area contributed by atoms with Gasteiger partial charge in [0.15, 0.2) is 5.76 Å². The first-order chi connectivity index (χ1) is 12.5. The number of aliphatic carboxylic acids is 1. The number of aryl methyl sites for hydroxylation is 2. The van der Waals surface area contributed by atoms with E-state index in [1.165, 1.54) is 0 Å². The molecule has 0 aliphatic carbocycles. The number of H-pyrrole nitrogens is 1. The third-order valence-electron chi connectivity index (χ3n) is 3.30. The number of carboxylic acids is 1. The van der Waals surface area contributed by atoms with Crippen LogP contribution in [0.2, 0.25) is 0 Å². The first kappa shape index (κ1) is 22.1. The van der Waals surface area contributed by atoms with E-state index in [9.17, 15) is 18.0 Å². The minimum atomic E-state index is -5.08. The van der Waals surface area contributed by atoms with Crippen LogP contribution in [-0.4, -0.2) is 40.0 Å². The predicted octanol–water partition coefficient (Wildman–Crippen LogP) is 3.14. The molecule has 2 aromatic rings. The molecule has 2 heterocycles. The van der Waals surface area contributed by atoms with Crippen LogP contribution in [0.5, 0.6) is 5.95 Å². The Morgan fingerprint density at radius 1 is 1.37 bits per heavy atom. The molecular formula is C16H20F3N3O5. The highest BCUT2D eigenvalue weighted by Crippen LogP contribution is 2.21. The van der Waals surface area contributed by atoms with E-state index in [2.05, 4.69) is 15.5 Å². The summed E-state index contributed by atoms with van der Waals surface area (Å²) in [6.45, 7) is 8.10. The second-order valence-corrected chi connectivity index (χ2v) is 5.40. The number of hydrogen-bond donors (Lipinski definition) is 3. The van der Waals surface area contributed by atoms with Crippen LogP contribution < -0.4 is 10.1 Å². The van der Waals surface area contributed by atoms with Crippen molar-refractivity contribution in [2.45, 2.75) is 39.9 Å². The summed E-state index contributed by atoms with van der Waals surface area (Å²) in [4.78, 5) is 21.0. The van der Waals surface area contributed by atoms with Crippen molar-refractivity contribution < 1.29 is 37.0 Å². The molecule has 0 aliphatic heterocycles. The van der Waals surface area contributed by atoms with Crippen molar-refractivity contribution in [2.75, 3.05) is 6.61 Å². The van der Waals surface area contributed by atoms with Crippen LogP contribution in [0.25, 0.3) is 0 Å². The molecular weight excluding hydrogens is 371 g/mol. The highest BCUT2D eigenvalue weighted by molar-refractivity contribution is 5.91. The van der Waals surface area contributed by atoms with Gasteiger partial charge in [0.25, 0.3) is 11.9 Å². The van der Waals surface area contributed by atoms with Gasteiger partial charge in [-0.05, 0) is 33.8 Å². The number of ether oxygens (including phenoxy) is 1. The van der Waals surface area contributed by atoms with E-state index in [0.29, 0.717) is 12.6 Å². The van der Waals surface area contributed by atoms with Gasteiger partial charge in [-0.15, -0.1) is 0 Å². The van der Waals surface area contributed by atoms with E-state index in [4.69, 9.17) is 19.1 Å². The maximum atomic E-state index is 12.1. The Morgan fingerprint density at radius 2 is 1.96 bits per heavy atom. The third kappa shape index (κ3) is 6.35. The fourth-order valence-electron chi connectivity index (χ4n) is 2.20. The smallest absolute Gasteiger partial charge is 0.475 e. The molecule has 2 aromatic heterocycles. The van der Waals surface area contributed by atoms with Crippen molar-refractivity contribution in [3.8, 4) is 5.95 Å². The van der Waals surface area contributed by atoms with E-state index in [-0.39, 0.29) is 17.7 Å². The summed E-state index contributed by atoms with van der Waals surface area (Å²) in [6, 6.07) is 3.08. The number of halogens is 3. The minimum absolute atomic E-state index is 0.151. The van der Waals surface area contributed by atoms with Crippen molar-refractivity contribution in [3.63, 3.8) is 0 Å². The van der Waals surface area contributed by atoms with E-state index in [1.807, 2.05) is 27.7 Å². The van der Waals surface area contributed by atoms with Crippen molar-refractivity contribution in [2.24, 2.45) is 0 Å². The molecule has 0 aliphatic rings. The Kier molecular flexibility index (Phi) is 7.44. The maximum absolute atomic E-state index is 12.1. The van der Waals surface area contributed by atoms with Gasteiger partial charge in [-0.1, -0.05) is 0 Å². The summed E-state index contributed by atoms with van der Waals surface area (Å²) in [5.74, 6) is -2.45. The summed E-state index contributed by atoms with van der Waals surface area (Å²) in [6.07, 6.45) is -5.08. The molecule has 8 nitrogen and oxygen atoms in total. The maximum Gasteiger partial charge on any atom is 0.490 e. The van der Waals surface area contributed by atoms with Gasteiger partial charge < -0.3 is 19.6 Å². The summed E-state index contributed by atoms with van der Waals surface area (Å²) < 4.78 is 42.2. The van der Waals surface area contributed by atoms with Crippen LogP contribution in [0.15, 0.2) is 16.5 Å². The van der Waals surface area contributed by atoms with Gasteiger partial charge in [0, 0.05) is 17.3 Å². The van der Waals surface area contributed by atoms with Crippen LogP contribution in [0.1, 0.15) is 47.4 Å². The number of hydrogen-bond acceptors (Lipinski definition) is 5. The van der Waals surface area contributed by atoms with Crippen LogP contribution in [0.3, 0.4) is 0 Å². The number of aromatic nitrogens is 2. The largest absolute Gasteiger partial charge is 0.490 e. The Bertz CT molecular complexity index is 763. The summed E-state index contributed by atoms with van der Waals surface area (Å²) in [7, 11) is 0. The number of aromatic amines is 1. The number of furan rings is 1. The van der Waals surface area contributed by atoms with E-state index in [0.717, 1.165) is 17.0 Å². The Morgan fingerprint density at radius 3 is 2.41 bits per heavy atom. The van der Waals surface area contributed by atoms with Crippen LogP contribution in [0.4, 0.5) is 13.2 Å². The van der Waals surface area contributed by atoms with Crippen LogP contribution in [-0.2, 0) is 4.79 Å². The summed E-state index contributed by atoms with van der Waals surface area (Å²) in [5, 5.41) is 17.0. The Balaban J connectivity index is 0.000000445. The van der Waals surface area contributed by atoms with Gasteiger partial charge in [-0.25, -0.2) is 4.79 Å². The lowest BCUT2D eigenvalue weighted by molar-refractivity contribution is -0.192. The van der Waals surface area contributed by atoms with E-state index in [1.54, 1.807) is 12.1 Å². The van der Waals surface area contributed by atoms with Gasteiger partial charge in [0.05, 0.1) is 18.3 Å². The number of alkyl halides is 3. The molecule has 3 N–H and O–H groups in total. The first-order valence-corrected chi connectivity index (χ1v) is 7.82. The number of nitrogens with one attached hydrogen (secondary N) is 2. The van der Waals surface area contributed by atoms with Crippen molar-refractivity contribution >= 4 is 11.9 Å². The molecule has 0 spiro atoms. The average Bonchev–Trinajstić information content (AvgIpc) is 3.14. The number of rotatable bonds is 5. The Labute approximate surface area is 152 Å². The fraction of sp³-hybridized carbons (Fsp3) is 0.438. The molecule has 0 radical (unpaired) electrons. The van der Waals surface area contributed by atoms with E-state index < -0.39 is 12.1 Å². The lowest BCUT2D eigenvalue weighted by Gasteiger charge is -2.13. The normalized spacial score (nSPS) is 12.0. The number of carbonyl (C=O) groups is 2. The Hall–Kier alpha value is -2.98. The van der Waals surface area contributed by atoms with Crippen molar-refractivity contribution in [3.05, 3.63) is 34.8 Å². The molecule has 27 heavy (non-hydrogen) atoms. The molecule has 150 valence electrons. The van der Waals surface area contributed by atoms with Crippen molar-refractivity contribution in [1.82, 2.24) is 15.5 Å². The molecule has 0 aromatic carbocycles. The van der Waals surface area contributed by atoms with Crippen LogP contribution >= 0.6 is 0 Å². The second-order valence-electron chi connectivity index (χ2n) is 5.40. The molecule has 1 atom stereocenters. The van der Waals surface area contributed by atoms with Crippen LogP contribution in [0, 0.1) is 13.8 Å². The SMILES string of the molecule is CCOc1ccc(C(=O)NC(C)c2c(C)n[nH]c2C)o1.O=C(O)C(F)(F)F.